The summed E-state index contributed by atoms with van der Waals surface area (Å²) in [5.74, 6) is 1.57. The van der Waals surface area contributed by atoms with E-state index in [2.05, 4.69) is 25.7 Å². The number of methoxy groups -OCH3 is 1. The summed E-state index contributed by atoms with van der Waals surface area (Å²) in [5.41, 5.74) is 2.16. The van der Waals surface area contributed by atoms with Crippen LogP contribution in [-0.4, -0.2) is 32.8 Å². The standard InChI is InChI=1S/C19H18N6O2/c1-12-16(18(26)24-15-5-3-4-10-20-15)17(25-19(23-12)21-11-22-25)13-6-8-14(27-2)9-7-13/h3-11,17H,1-2H3,(H,20,24,26)(H,21,22,23)/t17-/m1/s1. The van der Waals surface area contributed by atoms with Crippen LogP contribution in [0.3, 0.4) is 0 Å². The zero-order valence-corrected chi connectivity index (χ0v) is 14.9. The normalized spacial score (nSPS) is 15.7. The van der Waals surface area contributed by atoms with Gasteiger partial charge in [-0.3, -0.25) is 4.79 Å². The van der Waals surface area contributed by atoms with Gasteiger partial charge in [0.2, 0.25) is 5.95 Å². The Morgan fingerprint density at radius 1 is 1.19 bits per heavy atom. The van der Waals surface area contributed by atoms with Crippen molar-refractivity contribution in [1.29, 1.82) is 0 Å². The number of amides is 1. The third-order valence-corrected chi connectivity index (χ3v) is 4.38. The number of fused-ring (bicyclic) bond motifs is 1. The Kier molecular flexibility index (Phi) is 4.29. The molecule has 2 aromatic heterocycles. The van der Waals surface area contributed by atoms with Gasteiger partial charge in [-0.05, 0) is 36.8 Å². The number of carbonyl (C=O) groups is 1. The second-order valence-electron chi connectivity index (χ2n) is 6.04. The lowest BCUT2D eigenvalue weighted by atomic mass is 9.95. The van der Waals surface area contributed by atoms with Crippen molar-refractivity contribution in [3.63, 3.8) is 0 Å². The van der Waals surface area contributed by atoms with Crippen LogP contribution in [0.25, 0.3) is 0 Å². The van der Waals surface area contributed by atoms with E-state index in [1.165, 1.54) is 6.33 Å². The molecule has 136 valence electrons. The van der Waals surface area contributed by atoms with Crippen LogP contribution >= 0.6 is 0 Å². The van der Waals surface area contributed by atoms with Crippen LogP contribution in [0.4, 0.5) is 11.8 Å². The summed E-state index contributed by atoms with van der Waals surface area (Å²) in [5, 5.41) is 10.3. The van der Waals surface area contributed by atoms with Gasteiger partial charge in [-0.15, -0.1) is 0 Å². The van der Waals surface area contributed by atoms with Crippen molar-refractivity contribution < 1.29 is 9.53 Å². The minimum atomic E-state index is -0.418. The van der Waals surface area contributed by atoms with Gasteiger partial charge in [-0.1, -0.05) is 18.2 Å². The average Bonchev–Trinajstić information content (AvgIpc) is 3.15. The lowest BCUT2D eigenvalue weighted by molar-refractivity contribution is -0.113. The molecule has 3 heterocycles. The third-order valence-electron chi connectivity index (χ3n) is 4.38. The first-order valence-corrected chi connectivity index (χ1v) is 8.41. The predicted octanol–water partition coefficient (Wildman–Crippen LogP) is 2.61. The predicted molar refractivity (Wildman–Crippen MR) is 100 cm³/mol. The maximum absolute atomic E-state index is 13.1. The Morgan fingerprint density at radius 3 is 2.70 bits per heavy atom. The van der Waals surface area contributed by atoms with Crippen LogP contribution in [0.5, 0.6) is 5.75 Å². The topological polar surface area (TPSA) is 94.0 Å². The van der Waals surface area contributed by atoms with Crippen molar-refractivity contribution in [3.05, 3.63) is 71.8 Å². The number of benzene rings is 1. The molecule has 3 aromatic rings. The Balaban J connectivity index is 1.75. The molecular formula is C19H18N6O2. The molecule has 0 radical (unpaired) electrons. The summed E-state index contributed by atoms with van der Waals surface area (Å²) in [6.45, 7) is 1.85. The van der Waals surface area contributed by atoms with E-state index in [1.807, 2.05) is 37.3 Å². The highest BCUT2D eigenvalue weighted by Crippen LogP contribution is 2.35. The van der Waals surface area contributed by atoms with Crippen LogP contribution < -0.4 is 15.4 Å². The summed E-state index contributed by atoms with van der Waals surface area (Å²) in [6.07, 6.45) is 3.10. The van der Waals surface area contributed by atoms with Gasteiger partial charge in [-0.25, -0.2) is 9.67 Å². The quantitative estimate of drug-likeness (QED) is 0.741. The minimum Gasteiger partial charge on any atom is -0.497 e. The van der Waals surface area contributed by atoms with E-state index in [1.54, 1.807) is 30.1 Å². The number of ether oxygens (including phenoxy) is 1. The van der Waals surface area contributed by atoms with E-state index < -0.39 is 6.04 Å². The number of nitrogens with one attached hydrogen (secondary N) is 2. The second-order valence-corrected chi connectivity index (χ2v) is 6.04. The summed E-state index contributed by atoms with van der Waals surface area (Å²) in [6, 6.07) is 12.5. The minimum absolute atomic E-state index is 0.249. The number of nitrogens with zero attached hydrogens (tertiary/aromatic N) is 4. The van der Waals surface area contributed by atoms with Gasteiger partial charge in [0.15, 0.2) is 0 Å². The summed E-state index contributed by atoms with van der Waals surface area (Å²) >= 11 is 0. The molecule has 8 heteroatoms. The summed E-state index contributed by atoms with van der Waals surface area (Å²) < 4.78 is 6.94. The van der Waals surface area contributed by atoms with E-state index >= 15 is 0 Å². The summed E-state index contributed by atoms with van der Waals surface area (Å²) in [4.78, 5) is 21.5. The van der Waals surface area contributed by atoms with Crippen molar-refractivity contribution in [2.24, 2.45) is 0 Å². The number of aromatic nitrogens is 4. The first-order chi connectivity index (χ1) is 13.2. The first-order valence-electron chi connectivity index (χ1n) is 8.41. The van der Waals surface area contributed by atoms with Crippen LogP contribution in [-0.2, 0) is 4.79 Å². The Bertz CT molecular complexity index is 995. The molecule has 1 aromatic carbocycles. The zero-order valence-electron chi connectivity index (χ0n) is 14.9. The van der Waals surface area contributed by atoms with Crippen molar-refractivity contribution in [2.75, 3.05) is 17.7 Å². The molecule has 1 atom stereocenters. The van der Waals surface area contributed by atoms with E-state index in [-0.39, 0.29) is 5.91 Å². The number of allylic oxidation sites excluding steroid dienone is 1. The molecule has 2 N–H and O–H groups in total. The third kappa shape index (κ3) is 3.12. The second kappa shape index (κ2) is 6.91. The number of rotatable bonds is 4. The Hall–Kier alpha value is -3.68. The Labute approximate surface area is 155 Å². The molecule has 0 fully saturated rings. The summed E-state index contributed by atoms with van der Waals surface area (Å²) in [7, 11) is 1.62. The fourth-order valence-electron chi connectivity index (χ4n) is 3.10. The molecule has 27 heavy (non-hydrogen) atoms. The van der Waals surface area contributed by atoms with Crippen LogP contribution in [0, 0.1) is 0 Å². The molecule has 4 rings (SSSR count). The smallest absolute Gasteiger partial charge is 0.257 e. The fourth-order valence-corrected chi connectivity index (χ4v) is 3.10. The van der Waals surface area contributed by atoms with E-state index in [9.17, 15) is 4.79 Å². The number of carbonyl (C=O) groups excluding carboxylic acids is 1. The van der Waals surface area contributed by atoms with Crippen LogP contribution in [0.15, 0.2) is 66.3 Å². The van der Waals surface area contributed by atoms with E-state index in [4.69, 9.17) is 4.74 Å². The Morgan fingerprint density at radius 2 is 2.00 bits per heavy atom. The monoisotopic (exact) mass is 362 g/mol. The van der Waals surface area contributed by atoms with Gasteiger partial charge in [0.25, 0.3) is 5.91 Å². The molecule has 0 unspecified atom stereocenters. The fraction of sp³-hybridized carbons (Fsp3) is 0.158. The SMILES string of the molecule is COc1ccc([C@@H]2C(C(=O)Nc3ccccn3)=C(C)Nc3ncnn32)cc1. The van der Waals surface area contributed by atoms with Crippen LogP contribution in [0.1, 0.15) is 18.5 Å². The van der Waals surface area contributed by atoms with Gasteiger partial charge < -0.3 is 15.4 Å². The largest absolute Gasteiger partial charge is 0.497 e. The molecule has 1 aliphatic heterocycles. The van der Waals surface area contributed by atoms with E-state index in [0.29, 0.717) is 23.0 Å². The van der Waals surface area contributed by atoms with Gasteiger partial charge in [0, 0.05) is 11.9 Å². The highest BCUT2D eigenvalue weighted by molar-refractivity contribution is 6.05. The number of hydrogen-bond acceptors (Lipinski definition) is 6. The van der Waals surface area contributed by atoms with Crippen molar-refractivity contribution >= 4 is 17.7 Å². The number of anilines is 2. The first kappa shape index (κ1) is 16.8. The van der Waals surface area contributed by atoms with Crippen molar-refractivity contribution in [2.45, 2.75) is 13.0 Å². The highest BCUT2D eigenvalue weighted by atomic mass is 16.5. The maximum Gasteiger partial charge on any atom is 0.257 e. The molecule has 1 amide bonds. The lowest BCUT2D eigenvalue weighted by Crippen LogP contribution is -2.31. The maximum atomic E-state index is 13.1. The van der Waals surface area contributed by atoms with Gasteiger partial charge in [0.1, 0.15) is 23.9 Å². The molecule has 0 spiro atoms. The van der Waals surface area contributed by atoms with Crippen molar-refractivity contribution in [3.8, 4) is 5.75 Å². The molecule has 0 bridgehead atoms. The van der Waals surface area contributed by atoms with Gasteiger partial charge in [0.05, 0.1) is 12.7 Å². The number of hydrogen-bond donors (Lipinski definition) is 2. The van der Waals surface area contributed by atoms with Crippen LogP contribution in [0.2, 0.25) is 0 Å². The lowest BCUT2D eigenvalue weighted by Gasteiger charge is -2.28. The van der Waals surface area contributed by atoms with E-state index in [0.717, 1.165) is 11.3 Å². The molecule has 0 aliphatic carbocycles. The molecule has 8 nitrogen and oxygen atoms in total. The zero-order chi connectivity index (χ0) is 18.8. The highest BCUT2D eigenvalue weighted by Gasteiger charge is 2.33. The van der Waals surface area contributed by atoms with Gasteiger partial charge >= 0.3 is 0 Å². The molecule has 1 aliphatic rings. The molecule has 0 saturated carbocycles. The average molecular weight is 362 g/mol. The van der Waals surface area contributed by atoms with Gasteiger partial charge in [-0.2, -0.15) is 10.1 Å². The molecular weight excluding hydrogens is 344 g/mol. The van der Waals surface area contributed by atoms with Crippen molar-refractivity contribution in [1.82, 2.24) is 19.7 Å². The molecule has 0 saturated heterocycles. The number of pyridine rings is 1.